The van der Waals surface area contributed by atoms with E-state index in [2.05, 4.69) is 55.6 Å². The fourth-order valence-corrected chi connectivity index (χ4v) is 3.76. The Bertz CT molecular complexity index is 1220. The fraction of sp³-hybridized carbons (Fsp3) is 0.0435. The standard InChI is InChI=1S/C23H16BrClN4O/c24-17-6-4-15(5-7-17)21-13-22(29-23(28-21)26-14-27-29)16-2-1-3-20(12-16)30-19-10-8-18(25)9-11-19/h1-14,22H,(H,26,27,28)/t22-/m1/s1. The topological polar surface area (TPSA) is 52.0 Å². The van der Waals surface area contributed by atoms with Crippen molar-refractivity contribution < 1.29 is 4.74 Å². The van der Waals surface area contributed by atoms with E-state index in [0.29, 0.717) is 11.0 Å². The van der Waals surface area contributed by atoms with Crippen molar-refractivity contribution >= 4 is 39.2 Å². The number of ether oxygens (including phenoxy) is 1. The van der Waals surface area contributed by atoms with Gasteiger partial charge in [0.15, 0.2) is 0 Å². The minimum atomic E-state index is -0.115. The van der Waals surface area contributed by atoms with Crippen LogP contribution in [-0.4, -0.2) is 14.8 Å². The molecule has 1 N–H and O–H groups in total. The van der Waals surface area contributed by atoms with E-state index in [-0.39, 0.29) is 6.04 Å². The molecule has 30 heavy (non-hydrogen) atoms. The summed E-state index contributed by atoms with van der Waals surface area (Å²) in [6, 6.07) is 23.4. The van der Waals surface area contributed by atoms with E-state index in [1.165, 1.54) is 0 Å². The van der Waals surface area contributed by atoms with E-state index in [0.717, 1.165) is 32.8 Å². The Hall–Kier alpha value is -3.09. The molecule has 4 aromatic rings. The normalized spacial score (nSPS) is 15.1. The van der Waals surface area contributed by atoms with Gasteiger partial charge in [-0.25, -0.2) is 4.68 Å². The third kappa shape index (κ3) is 3.84. The molecule has 1 atom stereocenters. The minimum absolute atomic E-state index is 0.115. The third-order valence-corrected chi connectivity index (χ3v) is 5.59. The van der Waals surface area contributed by atoms with Crippen LogP contribution in [0, 0.1) is 0 Å². The summed E-state index contributed by atoms with van der Waals surface area (Å²) < 4.78 is 8.91. The average molecular weight is 480 g/mol. The maximum atomic E-state index is 6.01. The van der Waals surface area contributed by atoms with Crippen molar-refractivity contribution in [1.29, 1.82) is 0 Å². The Labute approximate surface area is 187 Å². The maximum Gasteiger partial charge on any atom is 0.226 e. The summed E-state index contributed by atoms with van der Waals surface area (Å²) in [5.74, 6) is 2.17. The number of nitrogens with zero attached hydrogens (tertiary/aromatic N) is 3. The zero-order valence-electron chi connectivity index (χ0n) is 15.7. The molecule has 0 aliphatic carbocycles. The lowest BCUT2D eigenvalue weighted by Crippen LogP contribution is -2.20. The molecular weight excluding hydrogens is 464 g/mol. The number of allylic oxidation sites excluding steroid dienone is 1. The van der Waals surface area contributed by atoms with Gasteiger partial charge in [0, 0.05) is 15.2 Å². The van der Waals surface area contributed by atoms with Crippen molar-refractivity contribution in [1.82, 2.24) is 14.8 Å². The van der Waals surface area contributed by atoms with E-state index >= 15 is 0 Å². The molecule has 0 saturated heterocycles. The number of fused-ring (bicyclic) bond motifs is 1. The van der Waals surface area contributed by atoms with Gasteiger partial charge in [0.2, 0.25) is 5.95 Å². The SMILES string of the molecule is Clc1ccc(Oc2cccc([C@H]3C=C(c4ccc(Br)cc4)Nc4ncnn43)c2)cc1. The van der Waals surface area contributed by atoms with Crippen molar-refractivity contribution in [3.63, 3.8) is 0 Å². The molecule has 0 amide bonds. The lowest BCUT2D eigenvalue weighted by atomic mass is 10.0. The van der Waals surface area contributed by atoms with Crippen LogP contribution >= 0.6 is 27.5 Å². The van der Waals surface area contributed by atoms with E-state index in [9.17, 15) is 0 Å². The highest BCUT2D eigenvalue weighted by atomic mass is 79.9. The second-order valence-electron chi connectivity index (χ2n) is 6.81. The summed E-state index contributed by atoms with van der Waals surface area (Å²) >= 11 is 9.45. The molecule has 148 valence electrons. The average Bonchev–Trinajstić information content (AvgIpc) is 3.24. The van der Waals surface area contributed by atoms with Gasteiger partial charge in [-0.1, -0.05) is 51.8 Å². The molecule has 1 aliphatic rings. The van der Waals surface area contributed by atoms with Gasteiger partial charge in [-0.2, -0.15) is 10.1 Å². The lowest BCUT2D eigenvalue weighted by Gasteiger charge is -2.24. The smallest absolute Gasteiger partial charge is 0.226 e. The van der Waals surface area contributed by atoms with Crippen LogP contribution in [0.4, 0.5) is 5.95 Å². The van der Waals surface area contributed by atoms with Crippen LogP contribution in [0.3, 0.4) is 0 Å². The predicted octanol–water partition coefficient (Wildman–Crippen LogP) is 6.54. The predicted molar refractivity (Wildman–Crippen MR) is 122 cm³/mol. The Morgan fingerprint density at radius 3 is 2.57 bits per heavy atom. The Balaban J connectivity index is 1.50. The largest absolute Gasteiger partial charge is 0.457 e. The van der Waals surface area contributed by atoms with Crippen molar-refractivity contribution in [2.75, 3.05) is 5.32 Å². The summed E-state index contributed by atoms with van der Waals surface area (Å²) in [5.41, 5.74) is 3.10. The first-order valence-electron chi connectivity index (χ1n) is 9.33. The quantitative estimate of drug-likeness (QED) is 0.361. The zero-order chi connectivity index (χ0) is 20.5. The van der Waals surface area contributed by atoms with Crippen molar-refractivity contribution in [3.05, 3.63) is 106 Å². The molecule has 0 fully saturated rings. The summed E-state index contributed by atoms with van der Waals surface area (Å²) in [7, 11) is 0. The van der Waals surface area contributed by atoms with Gasteiger partial charge in [-0.05, 0) is 65.7 Å². The number of aromatic nitrogens is 3. The number of halogens is 2. The van der Waals surface area contributed by atoms with E-state index in [1.807, 2.05) is 59.3 Å². The highest BCUT2D eigenvalue weighted by Gasteiger charge is 2.23. The number of rotatable bonds is 4. The van der Waals surface area contributed by atoms with Crippen molar-refractivity contribution in [3.8, 4) is 11.5 Å². The molecule has 3 aromatic carbocycles. The highest BCUT2D eigenvalue weighted by Crippen LogP contribution is 2.34. The first-order valence-corrected chi connectivity index (χ1v) is 10.5. The first-order chi connectivity index (χ1) is 14.7. The summed E-state index contributed by atoms with van der Waals surface area (Å²) in [4.78, 5) is 4.37. The van der Waals surface area contributed by atoms with Gasteiger partial charge in [-0.15, -0.1) is 0 Å². The monoisotopic (exact) mass is 478 g/mol. The second kappa shape index (κ2) is 7.97. The molecule has 0 saturated carbocycles. The highest BCUT2D eigenvalue weighted by molar-refractivity contribution is 9.10. The number of anilines is 1. The molecule has 0 radical (unpaired) electrons. The van der Waals surface area contributed by atoms with Gasteiger partial charge in [-0.3, -0.25) is 0 Å². The number of benzene rings is 3. The van der Waals surface area contributed by atoms with Crippen LogP contribution in [0.15, 0.2) is 89.7 Å². The molecule has 0 spiro atoms. The van der Waals surface area contributed by atoms with Gasteiger partial charge in [0.1, 0.15) is 23.9 Å². The molecular formula is C23H16BrClN4O. The number of nitrogens with one attached hydrogen (secondary N) is 1. The molecule has 0 bridgehead atoms. The zero-order valence-corrected chi connectivity index (χ0v) is 18.0. The molecule has 2 heterocycles. The Morgan fingerprint density at radius 1 is 0.967 bits per heavy atom. The molecule has 1 aromatic heterocycles. The molecule has 5 rings (SSSR count). The maximum absolute atomic E-state index is 6.01. The van der Waals surface area contributed by atoms with Crippen LogP contribution < -0.4 is 10.1 Å². The fourth-order valence-electron chi connectivity index (χ4n) is 3.37. The second-order valence-corrected chi connectivity index (χ2v) is 8.17. The van der Waals surface area contributed by atoms with E-state index in [4.69, 9.17) is 16.3 Å². The summed E-state index contributed by atoms with van der Waals surface area (Å²) in [6.45, 7) is 0. The van der Waals surface area contributed by atoms with Crippen LogP contribution in [0.1, 0.15) is 17.2 Å². The van der Waals surface area contributed by atoms with E-state index < -0.39 is 0 Å². The molecule has 7 heteroatoms. The van der Waals surface area contributed by atoms with Crippen LogP contribution in [-0.2, 0) is 0 Å². The number of hydrogen-bond donors (Lipinski definition) is 1. The van der Waals surface area contributed by atoms with Crippen molar-refractivity contribution in [2.45, 2.75) is 6.04 Å². The van der Waals surface area contributed by atoms with Gasteiger partial charge < -0.3 is 10.1 Å². The van der Waals surface area contributed by atoms with Crippen LogP contribution in [0.5, 0.6) is 11.5 Å². The van der Waals surface area contributed by atoms with Gasteiger partial charge >= 0.3 is 0 Å². The van der Waals surface area contributed by atoms with E-state index in [1.54, 1.807) is 6.33 Å². The summed E-state index contributed by atoms with van der Waals surface area (Å²) in [5, 5.41) is 8.46. The third-order valence-electron chi connectivity index (χ3n) is 4.81. The van der Waals surface area contributed by atoms with Crippen molar-refractivity contribution in [2.24, 2.45) is 0 Å². The van der Waals surface area contributed by atoms with Crippen LogP contribution in [0.25, 0.3) is 5.70 Å². The Morgan fingerprint density at radius 2 is 1.77 bits per heavy atom. The molecule has 5 nitrogen and oxygen atoms in total. The Kier molecular flexibility index (Phi) is 5.02. The molecule has 0 unspecified atom stereocenters. The van der Waals surface area contributed by atoms with Crippen LogP contribution in [0.2, 0.25) is 5.02 Å². The molecule has 1 aliphatic heterocycles. The lowest BCUT2D eigenvalue weighted by molar-refractivity contribution is 0.480. The van der Waals surface area contributed by atoms with Gasteiger partial charge in [0.25, 0.3) is 0 Å². The first kappa shape index (κ1) is 18.9. The minimum Gasteiger partial charge on any atom is -0.457 e. The van der Waals surface area contributed by atoms with Gasteiger partial charge in [0.05, 0.1) is 0 Å². The number of hydrogen-bond acceptors (Lipinski definition) is 4. The summed E-state index contributed by atoms with van der Waals surface area (Å²) in [6.07, 6.45) is 3.70.